The minimum Gasteiger partial charge on any atom is -0.493 e. The van der Waals surface area contributed by atoms with Crippen LogP contribution in [0.1, 0.15) is 77.0 Å². The summed E-state index contributed by atoms with van der Waals surface area (Å²) in [5.74, 6) is -1.30. The van der Waals surface area contributed by atoms with Crippen molar-refractivity contribution in [3.63, 3.8) is 0 Å². The summed E-state index contributed by atoms with van der Waals surface area (Å²) in [6, 6.07) is 14.5. The summed E-state index contributed by atoms with van der Waals surface area (Å²) >= 11 is 0. The van der Waals surface area contributed by atoms with Gasteiger partial charge in [-0.1, -0.05) is 43.3 Å². The van der Waals surface area contributed by atoms with Gasteiger partial charge in [-0.15, -0.1) is 0 Å². The number of esters is 2. The van der Waals surface area contributed by atoms with Crippen LogP contribution >= 0.6 is 0 Å². The van der Waals surface area contributed by atoms with Crippen LogP contribution < -0.4 is 15.2 Å². The maximum absolute atomic E-state index is 11.8. The molecule has 1 amide bonds. The van der Waals surface area contributed by atoms with E-state index >= 15 is 0 Å². The fourth-order valence-electron chi connectivity index (χ4n) is 4.02. The van der Waals surface area contributed by atoms with E-state index in [0.717, 1.165) is 0 Å². The average Bonchev–Trinajstić information content (AvgIpc) is 2.88. The molecule has 208 valence electrons. The minimum atomic E-state index is -0.787. The number of aryl methyl sites for hydroxylation is 4. The van der Waals surface area contributed by atoms with E-state index in [4.69, 9.17) is 19.9 Å². The molecule has 8 nitrogen and oxygen atoms in total. The van der Waals surface area contributed by atoms with Crippen molar-refractivity contribution in [3.8, 4) is 11.5 Å². The number of carbonyl (C=O) groups is 3. The molecule has 0 saturated carbocycles. The number of hydrogen-bond acceptors (Lipinski definition) is 7. The molecule has 0 aliphatic heterocycles. The van der Waals surface area contributed by atoms with Gasteiger partial charge in [0.25, 0.3) is 5.91 Å². The Labute approximate surface area is 230 Å². The number of methoxy groups -OCH3 is 1. The summed E-state index contributed by atoms with van der Waals surface area (Å²) in [4.78, 5) is 37.3. The van der Waals surface area contributed by atoms with Gasteiger partial charge in [-0.25, -0.2) is 4.98 Å². The summed E-state index contributed by atoms with van der Waals surface area (Å²) in [5.41, 5.74) is 12.4. The van der Waals surface area contributed by atoms with Crippen molar-refractivity contribution >= 4 is 17.8 Å². The van der Waals surface area contributed by atoms with Crippen LogP contribution in [0.15, 0.2) is 48.7 Å². The third-order valence-electron chi connectivity index (χ3n) is 6.42. The molecular weight excluding hydrogens is 496 g/mol. The lowest BCUT2D eigenvalue weighted by Gasteiger charge is -2.26. The first-order valence-electron chi connectivity index (χ1n) is 12.7. The first-order valence-corrected chi connectivity index (χ1v) is 12.7. The van der Waals surface area contributed by atoms with Gasteiger partial charge in [-0.2, -0.15) is 0 Å². The summed E-state index contributed by atoms with van der Waals surface area (Å²) in [6.07, 6.45) is 1.53. The van der Waals surface area contributed by atoms with Crippen molar-refractivity contribution in [1.82, 2.24) is 4.98 Å². The van der Waals surface area contributed by atoms with Crippen molar-refractivity contribution in [2.24, 2.45) is 5.73 Å². The van der Waals surface area contributed by atoms with Crippen LogP contribution in [0.25, 0.3) is 0 Å². The summed E-state index contributed by atoms with van der Waals surface area (Å²) < 4.78 is 15.4. The van der Waals surface area contributed by atoms with Gasteiger partial charge in [0.05, 0.1) is 7.11 Å². The molecule has 1 heterocycles. The Balaban J connectivity index is 0.000000306. The van der Waals surface area contributed by atoms with Gasteiger partial charge in [0.15, 0.2) is 11.4 Å². The zero-order valence-electron chi connectivity index (χ0n) is 24.0. The van der Waals surface area contributed by atoms with E-state index in [1.807, 2.05) is 13.8 Å². The quantitative estimate of drug-likeness (QED) is 0.379. The largest absolute Gasteiger partial charge is 0.493 e. The molecule has 0 fully saturated rings. The highest BCUT2D eigenvalue weighted by Crippen LogP contribution is 2.32. The standard InChI is InChI=1S/C22H28O2.C9H10N2O4/c1-7-21(23)24-18(6)22(19-10-8-14(2)16(4)12-19)20-11-9-15(3)17(5)13-20;1-5(12)15-8-6(14-2)3-4-11-7(8)9(10)13/h8-13,18,22H,7H2,1-6H3;3-4H,1-2H3,(H2,10,13). The third-order valence-corrected chi connectivity index (χ3v) is 6.42. The molecule has 0 aliphatic carbocycles. The number of ether oxygens (including phenoxy) is 3. The SMILES string of the molecule is CCC(=O)OC(C)C(c1ccc(C)c(C)c1)c1ccc(C)c(C)c1.COc1ccnc(C(N)=O)c1OC(C)=O. The number of hydrogen-bond donors (Lipinski definition) is 1. The van der Waals surface area contributed by atoms with Gasteiger partial charge in [-0.05, 0) is 68.0 Å². The number of pyridine rings is 1. The number of amides is 1. The average molecular weight is 535 g/mol. The predicted molar refractivity (Wildman–Crippen MR) is 150 cm³/mol. The second-order valence-electron chi connectivity index (χ2n) is 9.36. The molecule has 0 spiro atoms. The van der Waals surface area contributed by atoms with E-state index in [1.54, 1.807) is 0 Å². The minimum absolute atomic E-state index is 0.0408. The highest BCUT2D eigenvalue weighted by atomic mass is 16.6. The normalized spacial score (nSPS) is 11.2. The Bertz CT molecular complexity index is 1280. The Kier molecular flexibility index (Phi) is 11.2. The smallest absolute Gasteiger partial charge is 0.308 e. The fourth-order valence-corrected chi connectivity index (χ4v) is 4.02. The van der Waals surface area contributed by atoms with Crippen LogP contribution in [0.2, 0.25) is 0 Å². The number of aromatic nitrogens is 1. The predicted octanol–water partition coefficient (Wildman–Crippen LogP) is 5.51. The van der Waals surface area contributed by atoms with Gasteiger partial charge in [0, 0.05) is 31.5 Å². The molecule has 1 aromatic heterocycles. The van der Waals surface area contributed by atoms with Gasteiger partial charge < -0.3 is 19.9 Å². The van der Waals surface area contributed by atoms with Crippen LogP contribution in [-0.4, -0.2) is 36.0 Å². The lowest BCUT2D eigenvalue weighted by atomic mass is 9.84. The van der Waals surface area contributed by atoms with Gasteiger partial charge in [0.1, 0.15) is 6.10 Å². The Morgan fingerprint density at radius 2 is 1.44 bits per heavy atom. The lowest BCUT2D eigenvalue weighted by Crippen LogP contribution is -2.23. The monoisotopic (exact) mass is 534 g/mol. The Hall–Kier alpha value is -4.20. The maximum atomic E-state index is 11.8. The van der Waals surface area contributed by atoms with E-state index in [0.29, 0.717) is 6.42 Å². The molecular formula is C31H38N2O6. The molecule has 0 saturated heterocycles. The number of nitrogens with two attached hydrogens (primary N) is 1. The van der Waals surface area contributed by atoms with Crippen LogP contribution in [0.4, 0.5) is 0 Å². The molecule has 0 radical (unpaired) electrons. The molecule has 39 heavy (non-hydrogen) atoms. The molecule has 0 aliphatic rings. The Morgan fingerprint density at radius 3 is 1.85 bits per heavy atom. The molecule has 8 heteroatoms. The molecule has 3 aromatic rings. The summed E-state index contributed by atoms with van der Waals surface area (Å²) in [7, 11) is 1.38. The summed E-state index contributed by atoms with van der Waals surface area (Å²) in [5, 5.41) is 0. The lowest BCUT2D eigenvalue weighted by molar-refractivity contribution is -0.148. The second kappa shape index (κ2) is 14.1. The van der Waals surface area contributed by atoms with Gasteiger partial charge >= 0.3 is 11.9 Å². The van der Waals surface area contributed by atoms with Crippen molar-refractivity contribution in [2.75, 3.05) is 7.11 Å². The number of carbonyl (C=O) groups excluding carboxylic acids is 3. The highest BCUT2D eigenvalue weighted by molar-refractivity contribution is 5.95. The molecule has 3 rings (SSSR count). The molecule has 2 aromatic carbocycles. The number of primary amides is 1. The molecule has 0 bridgehead atoms. The van der Waals surface area contributed by atoms with E-state index in [9.17, 15) is 14.4 Å². The zero-order chi connectivity index (χ0) is 29.3. The van der Waals surface area contributed by atoms with Crippen LogP contribution in [-0.2, 0) is 14.3 Å². The zero-order valence-corrected chi connectivity index (χ0v) is 24.0. The first kappa shape index (κ1) is 31.0. The van der Waals surface area contributed by atoms with E-state index in [-0.39, 0.29) is 35.2 Å². The molecule has 2 N–H and O–H groups in total. The highest BCUT2D eigenvalue weighted by Gasteiger charge is 2.25. The van der Waals surface area contributed by atoms with Crippen molar-refractivity contribution in [2.45, 2.75) is 66.9 Å². The van der Waals surface area contributed by atoms with Gasteiger partial charge in [0.2, 0.25) is 5.75 Å². The first-order chi connectivity index (χ1) is 18.4. The van der Waals surface area contributed by atoms with Gasteiger partial charge in [-0.3, -0.25) is 14.4 Å². The van der Waals surface area contributed by atoms with Crippen molar-refractivity contribution in [3.05, 3.63) is 87.7 Å². The topological polar surface area (TPSA) is 118 Å². The van der Waals surface area contributed by atoms with Crippen LogP contribution in [0, 0.1) is 27.7 Å². The van der Waals surface area contributed by atoms with E-state index in [2.05, 4.69) is 69.1 Å². The van der Waals surface area contributed by atoms with E-state index < -0.39 is 11.9 Å². The number of benzene rings is 2. The number of rotatable bonds is 8. The number of nitrogens with zero attached hydrogens (tertiary/aromatic N) is 1. The summed E-state index contributed by atoms with van der Waals surface area (Å²) in [6.45, 7) is 13.5. The molecule has 1 unspecified atom stereocenters. The Morgan fingerprint density at radius 1 is 0.897 bits per heavy atom. The molecule has 1 atom stereocenters. The van der Waals surface area contributed by atoms with Crippen LogP contribution in [0.3, 0.4) is 0 Å². The van der Waals surface area contributed by atoms with Crippen molar-refractivity contribution < 1.29 is 28.6 Å². The van der Waals surface area contributed by atoms with Crippen LogP contribution in [0.5, 0.6) is 11.5 Å². The fraction of sp³-hybridized carbons (Fsp3) is 0.355. The van der Waals surface area contributed by atoms with Crippen molar-refractivity contribution in [1.29, 1.82) is 0 Å². The third kappa shape index (κ3) is 8.40. The second-order valence-corrected chi connectivity index (χ2v) is 9.36. The van der Waals surface area contributed by atoms with E-state index in [1.165, 1.54) is 59.7 Å². The maximum Gasteiger partial charge on any atom is 0.308 e.